The minimum atomic E-state index is -3.83. The molecule has 1 aromatic heterocycles. The highest BCUT2D eigenvalue weighted by molar-refractivity contribution is 7.89. The standard InChI is InChI=1S/C13H14N2O4S/c1-9(13(16)19-2)15-20(17,18)12-7-3-6-11-10(12)5-4-8-14-11/h3-9,15H,1-2H3. The van der Waals surface area contributed by atoms with E-state index in [9.17, 15) is 13.2 Å². The van der Waals surface area contributed by atoms with Crippen molar-refractivity contribution in [1.82, 2.24) is 9.71 Å². The van der Waals surface area contributed by atoms with Crippen LogP contribution in [0.25, 0.3) is 10.9 Å². The van der Waals surface area contributed by atoms with E-state index in [0.717, 1.165) is 0 Å². The number of carbonyl (C=O) groups excluding carboxylic acids is 1. The quantitative estimate of drug-likeness (QED) is 0.853. The van der Waals surface area contributed by atoms with Gasteiger partial charge in [-0.1, -0.05) is 6.07 Å². The molecule has 0 amide bonds. The van der Waals surface area contributed by atoms with Crippen molar-refractivity contribution >= 4 is 26.9 Å². The van der Waals surface area contributed by atoms with Crippen molar-refractivity contribution in [3.05, 3.63) is 36.5 Å². The summed E-state index contributed by atoms with van der Waals surface area (Å²) in [5, 5.41) is 0.500. The number of methoxy groups -OCH3 is 1. The van der Waals surface area contributed by atoms with E-state index in [1.54, 1.807) is 30.5 Å². The van der Waals surface area contributed by atoms with Gasteiger partial charge in [-0.3, -0.25) is 9.78 Å². The molecule has 2 rings (SSSR count). The molecule has 106 valence electrons. The van der Waals surface area contributed by atoms with Gasteiger partial charge in [-0.15, -0.1) is 0 Å². The lowest BCUT2D eigenvalue weighted by molar-refractivity contribution is -0.142. The van der Waals surface area contributed by atoms with Crippen molar-refractivity contribution in [3.8, 4) is 0 Å². The van der Waals surface area contributed by atoms with Gasteiger partial charge in [0.05, 0.1) is 17.5 Å². The van der Waals surface area contributed by atoms with Gasteiger partial charge in [-0.25, -0.2) is 8.42 Å². The highest BCUT2D eigenvalue weighted by atomic mass is 32.2. The molecule has 0 saturated carbocycles. The van der Waals surface area contributed by atoms with Crippen molar-refractivity contribution in [2.75, 3.05) is 7.11 Å². The molecule has 20 heavy (non-hydrogen) atoms. The van der Waals surface area contributed by atoms with Crippen molar-refractivity contribution in [3.63, 3.8) is 0 Å². The maximum absolute atomic E-state index is 12.3. The van der Waals surface area contributed by atoms with Crippen molar-refractivity contribution in [2.45, 2.75) is 17.9 Å². The summed E-state index contributed by atoms with van der Waals surface area (Å²) < 4.78 is 31.4. The van der Waals surface area contributed by atoms with Crippen molar-refractivity contribution in [2.24, 2.45) is 0 Å². The first-order valence-electron chi connectivity index (χ1n) is 5.89. The second-order valence-corrected chi connectivity index (χ2v) is 5.87. The summed E-state index contributed by atoms with van der Waals surface area (Å²) in [7, 11) is -2.63. The van der Waals surface area contributed by atoms with Gasteiger partial charge in [-0.2, -0.15) is 4.72 Å². The van der Waals surface area contributed by atoms with Crippen LogP contribution in [0.15, 0.2) is 41.4 Å². The SMILES string of the molecule is COC(=O)C(C)NS(=O)(=O)c1cccc2ncccc12. The molecule has 6 nitrogen and oxygen atoms in total. The van der Waals surface area contributed by atoms with Gasteiger partial charge in [0.15, 0.2) is 0 Å². The summed E-state index contributed by atoms with van der Waals surface area (Å²) in [6, 6.07) is 7.16. The largest absolute Gasteiger partial charge is 0.468 e. The van der Waals surface area contributed by atoms with Gasteiger partial charge < -0.3 is 4.74 Å². The molecule has 1 heterocycles. The van der Waals surface area contributed by atoms with Crippen molar-refractivity contribution in [1.29, 1.82) is 0 Å². The fourth-order valence-corrected chi connectivity index (χ4v) is 3.24. The number of fused-ring (bicyclic) bond motifs is 1. The number of sulfonamides is 1. The van der Waals surface area contributed by atoms with Crippen LogP contribution in [0, 0.1) is 0 Å². The van der Waals surface area contributed by atoms with E-state index in [-0.39, 0.29) is 4.90 Å². The monoisotopic (exact) mass is 294 g/mol. The van der Waals surface area contributed by atoms with E-state index < -0.39 is 22.0 Å². The Morgan fingerprint density at radius 3 is 2.75 bits per heavy atom. The Hall–Kier alpha value is -1.99. The maximum atomic E-state index is 12.3. The van der Waals surface area contributed by atoms with E-state index in [1.165, 1.54) is 20.1 Å². The molecule has 2 aromatic rings. The zero-order chi connectivity index (χ0) is 14.8. The van der Waals surface area contributed by atoms with E-state index in [4.69, 9.17) is 0 Å². The van der Waals surface area contributed by atoms with Crippen LogP contribution in [-0.2, 0) is 19.6 Å². The molecule has 0 saturated heterocycles. The van der Waals surface area contributed by atoms with Crippen LogP contribution >= 0.6 is 0 Å². The smallest absolute Gasteiger partial charge is 0.323 e. The topological polar surface area (TPSA) is 85.4 Å². The van der Waals surface area contributed by atoms with Crippen LogP contribution in [0.4, 0.5) is 0 Å². The Kier molecular flexibility index (Phi) is 4.01. The molecule has 0 bridgehead atoms. The molecule has 1 unspecified atom stereocenters. The third-order valence-corrected chi connectivity index (χ3v) is 4.38. The van der Waals surface area contributed by atoms with E-state index in [0.29, 0.717) is 10.9 Å². The second-order valence-electron chi connectivity index (χ2n) is 4.19. The Bertz CT molecular complexity index is 738. The minimum absolute atomic E-state index is 0.0823. The number of nitrogens with zero attached hydrogens (tertiary/aromatic N) is 1. The molecule has 0 aliphatic carbocycles. The predicted octanol–water partition coefficient (Wildman–Crippen LogP) is 1.07. The van der Waals surface area contributed by atoms with Gasteiger partial charge in [0, 0.05) is 11.6 Å². The Morgan fingerprint density at radius 2 is 2.05 bits per heavy atom. The predicted molar refractivity (Wildman–Crippen MR) is 73.5 cm³/mol. The molecule has 0 aliphatic rings. The van der Waals surface area contributed by atoms with Gasteiger partial charge >= 0.3 is 5.97 Å². The number of benzene rings is 1. The third kappa shape index (κ3) is 2.78. The Morgan fingerprint density at radius 1 is 1.30 bits per heavy atom. The summed E-state index contributed by atoms with van der Waals surface area (Å²) in [5.41, 5.74) is 0.570. The Balaban J connectivity index is 2.45. The van der Waals surface area contributed by atoms with Crippen LogP contribution in [0.3, 0.4) is 0 Å². The molecular formula is C13H14N2O4S. The fourth-order valence-electron chi connectivity index (χ4n) is 1.83. The highest BCUT2D eigenvalue weighted by Crippen LogP contribution is 2.21. The summed E-state index contributed by atoms with van der Waals surface area (Å²) in [6.45, 7) is 1.42. The molecule has 7 heteroatoms. The average Bonchev–Trinajstić information content (AvgIpc) is 2.45. The molecule has 1 atom stereocenters. The molecule has 0 aliphatic heterocycles. The number of nitrogens with one attached hydrogen (secondary N) is 1. The second kappa shape index (κ2) is 5.56. The maximum Gasteiger partial charge on any atom is 0.323 e. The van der Waals surface area contributed by atoms with Crippen LogP contribution in [0.1, 0.15) is 6.92 Å². The first-order valence-corrected chi connectivity index (χ1v) is 7.38. The van der Waals surface area contributed by atoms with Crippen LogP contribution < -0.4 is 4.72 Å². The number of carbonyl (C=O) groups is 1. The lowest BCUT2D eigenvalue weighted by atomic mass is 10.2. The third-order valence-electron chi connectivity index (χ3n) is 2.78. The number of rotatable bonds is 4. The first kappa shape index (κ1) is 14.4. The van der Waals surface area contributed by atoms with Gasteiger partial charge in [0.1, 0.15) is 6.04 Å². The number of hydrogen-bond acceptors (Lipinski definition) is 5. The normalized spacial score (nSPS) is 13.1. The molecule has 0 spiro atoms. The van der Waals surface area contributed by atoms with Gasteiger partial charge in [-0.05, 0) is 31.2 Å². The van der Waals surface area contributed by atoms with Crippen LogP contribution in [0.5, 0.6) is 0 Å². The fraction of sp³-hybridized carbons (Fsp3) is 0.231. The molecular weight excluding hydrogens is 280 g/mol. The first-order chi connectivity index (χ1) is 9.45. The van der Waals surface area contributed by atoms with Gasteiger partial charge in [0.2, 0.25) is 10.0 Å². The van der Waals surface area contributed by atoms with E-state index >= 15 is 0 Å². The number of pyridine rings is 1. The van der Waals surface area contributed by atoms with Gasteiger partial charge in [0.25, 0.3) is 0 Å². The minimum Gasteiger partial charge on any atom is -0.468 e. The summed E-state index contributed by atoms with van der Waals surface area (Å²) in [6.07, 6.45) is 1.59. The zero-order valence-electron chi connectivity index (χ0n) is 11.0. The van der Waals surface area contributed by atoms with E-state index in [1.807, 2.05) is 0 Å². The Labute approximate surface area is 116 Å². The molecule has 1 N–H and O–H groups in total. The van der Waals surface area contributed by atoms with Crippen LogP contribution in [-0.4, -0.2) is 32.5 Å². The summed E-state index contributed by atoms with van der Waals surface area (Å²) in [4.78, 5) is 15.5. The van der Waals surface area contributed by atoms with E-state index in [2.05, 4.69) is 14.4 Å². The van der Waals surface area contributed by atoms with Crippen LogP contribution in [0.2, 0.25) is 0 Å². The summed E-state index contributed by atoms with van der Waals surface area (Å²) in [5.74, 6) is -0.646. The number of ether oxygens (including phenoxy) is 1. The van der Waals surface area contributed by atoms with Crippen molar-refractivity contribution < 1.29 is 17.9 Å². The lowest BCUT2D eigenvalue weighted by Crippen LogP contribution is -2.39. The number of esters is 1. The molecule has 0 fully saturated rings. The lowest BCUT2D eigenvalue weighted by Gasteiger charge is -2.13. The zero-order valence-corrected chi connectivity index (χ0v) is 11.8. The molecule has 1 aromatic carbocycles. The average molecular weight is 294 g/mol. The summed E-state index contributed by atoms with van der Waals surface area (Å²) >= 11 is 0. The molecule has 0 radical (unpaired) electrons. The number of aromatic nitrogens is 1. The highest BCUT2D eigenvalue weighted by Gasteiger charge is 2.24. The number of hydrogen-bond donors (Lipinski definition) is 1.